The maximum absolute atomic E-state index is 13.1. The number of allylic oxidation sites excluding steroid dienone is 1. The molecular weight excluding hydrogens is 468 g/mol. The number of carbonyl (C=O) groups is 1. The number of benzene rings is 1. The van der Waals surface area contributed by atoms with Crippen LogP contribution in [0.25, 0.3) is 28.6 Å². The molecule has 1 amide bonds. The molecule has 1 unspecified atom stereocenters. The molecule has 0 saturated heterocycles. The summed E-state index contributed by atoms with van der Waals surface area (Å²) in [4.78, 5) is 25.3. The van der Waals surface area contributed by atoms with E-state index >= 15 is 0 Å². The van der Waals surface area contributed by atoms with Crippen LogP contribution >= 0.6 is 0 Å². The van der Waals surface area contributed by atoms with Gasteiger partial charge in [-0.15, -0.1) is 0 Å². The van der Waals surface area contributed by atoms with Crippen LogP contribution < -0.4 is 10.1 Å². The first-order chi connectivity index (χ1) is 18.0. The number of H-pyrrole nitrogens is 1. The van der Waals surface area contributed by atoms with Crippen molar-refractivity contribution in [2.45, 2.75) is 25.8 Å². The van der Waals surface area contributed by atoms with Crippen LogP contribution in [0.5, 0.6) is 11.6 Å². The van der Waals surface area contributed by atoms with Gasteiger partial charge in [0.15, 0.2) is 0 Å². The summed E-state index contributed by atoms with van der Waals surface area (Å²) >= 11 is 0. The summed E-state index contributed by atoms with van der Waals surface area (Å²) in [5, 5.41) is 17.9. The van der Waals surface area contributed by atoms with Crippen LogP contribution in [0.4, 0.5) is 0 Å². The molecule has 3 N–H and O–H groups in total. The van der Waals surface area contributed by atoms with Crippen LogP contribution in [-0.4, -0.2) is 42.9 Å². The quantitative estimate of drug-likeness (QED) is 0.358. The molecule has 0 saturated carbocycles. The minimum absolute atomic E-state index is 0.0687. The number of aromatic hydroxyl groups is 1. The molecule has 0 fully saturated rings. The molecular formula is C28H26N6O3. The largest absolute Gasteiger partial charge is 0.507 e. The van der Waals surface area contributed by atoms with Gasteiger partial charge in [0, 0.05) is 36.5 Å². The highest BCUT2D eigenvalue weighted by Crippen LogP contribution is 2.35. The average Bonchev–Trinajstić information content (AvgIpc) is 3.47. The fourth-order valence-corrected chi connectivity index (χ4v) is 4.29. The maximum atomic E-state index is 13.1. The number of amides is 1. The Labute approximate surface area is 214 Å². The van der Waals surface area contributed by atoms with Gasteiger partial charge in [0.1, 0.15) is 11.6 Å². The second kappa shape index (κ2) is 10.0. The van der Waals surface area contributed by atoms with Gasteiger partial charge in [-0.1, -0.05) is 25.1 Å². The summed E-state index contributed by atoms with van der Waals surface area (Å²) < 4.78 is 7.07. The number of carbonyl (C=O) groups excluding carboxylic acids is 1. The Balaban J connectivity index is 1.45. The Morgan fingerprint density at radius 2 is 2.24 bits per heavy atom. The van der Waals surface area contributed by atoms with Crippen molar-refractivity contribution in [3.63, 3.8) is 0 Å². The van der Waals surface area contributed by atoms with Crippen molar-refractivity contribution in [1.82, 2.24) is 30.0 Å². The van der Waals surface area contributed by atoms with Gasteiger partial charge in [-0.25, -0.2) is 9.97 Å². The third kappa shape index (κ3) is 4.82. The molecule has 0 radical (unpaired) electrons. The molecule has 1 atom stereocenters. The number of ether oxygens (including phenoxy) is 1. The fraction of sp³-hybridized carbons (Fsp3) is 0.214. The lowest BCUT2D eigenvalue weighted by molar-refractivity contribution is -0.117. The number of aryl methyl sites for hydroxylation is 1. The molecule has 9 heteroatoms. The van der Waals surface area contributed by atoms with E-state index in [1.54, 1.807) is 41.2 Å². The minimum Gasteiger partial charge on any atom is -0.507 e. The number of imidazole rings is 1. The molecule has 5 rings (SSSR count). The third-order valence-electron chi connectivity index (χ3n) is 6.22. The number of nitrogens with zero attached hydrogens (tertiary/aromatic N) is 4. The highest BCUT2D eigenvalue weighted by molar-refractivity contribution is 6.01. The number of aromatic amines is 1. The van der Waals surface area contributed by atoms with Gasteiger partial charge in [-0.3, -0.25) is 9.48 Å². The molecule has 37 heavy (non-hydrogen) atoms. The molecule has 1 aliphatic carbocycles. The number of hydrogen-bond donors (Lipinski definition) is 3. The molecule has 0 aliphatic heterocycles. The van der Waals surface area contributed by atoms with E-state index in [-0.39, 0.29) is 17.7 Å². The zero-order valence-corrected chi connectivity index (χ0v) is 20.7. The van der Waals surface area contributed by atoms with Crippen molar-refractivity contribution in [2.24, 2.45) is 7.05 Å². The van der Waals surface area contributed by atoms with Gasteiger partial charge in [-0.05, 0) is 42.3 Å². The van der Waals surface area contributed by atoms with E-state index < -0.39 is 0 Å². The Kier molecular flexibility index (Phi) is 6.47. The van der Waals surface area contributed by atoms with Crippen LogP contribution in [-0.2, 0) is 18.3 Å². The smallest absolute Gasteiger partial charge is 0.251 e. The van der Waals surface area contributed by atoms with Crippen LogP contribution in [0.3, 0.4) is 0 Å². The van der Waals surface area contributed by atoms with Crippen LogP contribution in [0.2, 0.25) is 0 Å². The number of methoxy groups -OCH3 is 1. The normalized spacial score (nSPS) is 13.2. The molecule has 186 valence electrons. The van der Waals surface area contributed by atoms with Crippen molar-refractivity contribution < 1.29 is 14.6 Å². The summed E-state index contributed by atoms with van der Waals surface area (Å²) in [6.45, 7) is 2.02. The number of rotatable bonds is 7. The Bertz CT molecular complexity index is 1510. The van der Waals surface area contributed by atoms with Crippen LogP contribution in [0, 0.1) is 12.1 Å². The van der Waals surface area contributed by atoms with Crippen LogP contribution in [0.1, 0.15) is 36.3 Å². The molecule has 1 aliphatic rings. The van der Waals surface area contributed by atoms with E-state index in [0.29, 0.717) is 40.5 Å². The summed E-state index contributed by atoms with van der Waals surface area (Å²) in [6, 6.07) is 10.9. The minimum atomic E-state index is -0.190. The molecule has 4 aromatic rings. The number of nitrogens with one attached hydrogen (secondary N) is 2. The van der Waals surface area contributed by atoms with Crippen molar-refractivity contribution in [1.29, 1.82) is 0 Å². The Morgan fingerprint density at radius 3 is 3.00 bits per heavy atom. The van der Waals surface area contributed by atoms with Gasteiger partial charge in [0.2, 0.25) is 5.88 Å². The summed E-state index contributed by atoms with van der Waals surface area (Å²) in [6.07, 6.45) is 11.9. The second-order valence-electron chi connectivity index (χ2n) is 8.68. The molecule has 3 heterocycles. The van der Waals surface area contributed by atoms with Crippen molar-refractivity contribution in [3.8, 4) is 34.1 Å². The van der Waals surface area contributed by atoms with Crippen LogP contribution in [0.15, 0.2) is 54.5 Å². The zero-order chi connectivity index (χ0) is 25.9. The fourth-order valence-electron chi connectivity index (χ4n) is 4.29. The highest BCUT2D eigenvalue weighted by atomic mass is 16.5. The number of phenols is 1. The lowest BCUT2D eigenvalue weighted by Gasteiger charge is -2.15. The predicted molar refractivity (Wildman–Crippen MR) is 138 cm³/mol. The third-order valence-corrected chi connectivity index (χ3v) is 6.22. The standard InChI is InChI=1S/C28H26N6O3/c1-4-22(19-15-30-34(2)16-19)33-27(36)18-7-5-9-23-24(14-18)32-26(31-23)21-13-17(10-11-25(21)35)20-8-6-12-29-28(20)37-3/h5,7,10-16,22,35H,4,9H2,1-3H3,(H,31,32)(H,33,36). The molecule has 0 bridgehead atoms. The summed E-state index contributed by atoms with van der Waals surface area (Å²) in [5.74, 6) is 0.777. The van der Waals surface area contributed by atoms with E-state index in [2.05, 4.69) is 32.5 Å². The van der Waals surface area contributed by atoms with Gasteiger partial charge >= 0.3 is 0 Å². The number of aromatic nitrogens is 5. The molecule has 1 aromatic carbocycles. The van der Waals surface area contributed by atoms with Crippen molar-refractivity contribution >= 4 is 12.0 Å². The van der Waals surface area contributed by atoms with E-state index in [1.807, 2.05) is 26.2 Å². The monoisotopic (exact) mass is 494 g/mol. The summed E-state index contributed by atoms with van der Waals surface area (Å²) in [7, 11) is 3.39. The number of hydrogen-bond acceptors (Lipinski definition) is 6. The first kappa shape index (κ1) is 23.9. The molecule has 9 nitrogen and oxygen atoms in total. The van der Waals surface area contributed by atoms with Gasteiger partial charge in [-0.2, -0.15) is 5.10 Å². The average molecular weight is 495 g/mol. The van der Waals surface area contributed by atoms with Gasteiger partial charge < -0.3 is 20.1 Å². The molecule has 3 aromatic heterocycles. The SMILES string of the molecule is CCC(NC(=O)C1=Cc2nc(-c3cc(-c4c#ccnc4OC)ccc3O)[nH]c2CC=C1)c1cnn(C)c1. The van der Waals surface area contributed by atoms with E-state index in [4.69, 9.17) is 9.72 Å². The zero-order valence-electron chi connectivity index (χ0n) is 20.7. The highest BCUT2D eigenvalue weighted by Gasteiger charge is 2.20. The lowest BCUT2D eigenvalue weighted by Crippen LogP contribution is -2.28. The number of fused-ring (bicyclic) bond motifs is 1. The summed E-state index contributed by atoms with van der Waals surface area (Å²) in [5.41, 5.74) is 4.82. The van der Waals surface area contributed by atoms with Crippen molar-refractivity contribution in [3.05, 3.63) is 83.6 Å². The van der Waals surface area contributed by atoms with Gasteiger partial charge in [0.05, 0.1) is 42.4 Å². The van der Waals surface area contributed by atoms with E-state index in [9.17, 15) is 9.90 Å². The molecule has 0 spiro atoms. The Morgan fingerprint density at radius 1 is 1.38 bits per heavy atom. The van der Waals surface area contributed by atoms with Gasteiger partial charge in [0.25, 0.3) is 5.91 Å². The Hall–Kier alpha value is -4.84. The first-order valence-electron chi connectivity index (χ1n) is 11.9. The lowest BCUT2D eigenvalue weighted by atomic mass is 10.0. The maximum Gasteiger partial charge on any atom is 0.251 e. The topological polar surface area (TPSA) is 118 Å². The first-order valence-corrected chi connectivity index (χ1v) is 11.9. The predicted octanol–water partition coefficient (Wildman–Crippen LogP) is 3.95. The number of phenolic OH excluding ortho intramolecular Hbond substituents is 1. The van der Waals surface area contributed by atoms with E-state index in [0.717, 1.165) is 23.2 Å². The van der Waals surface area contributed by atoms with Crippen molar-refractivity contribution in [2.75, 3.05) is 7.11 Å². The second-order valence-corrected chi connectivity index (χ2v) is 8.68. The van der Waals surface area contributed by atoms with E-state index in [1.165, 1.54) is 13.3 Å².